The molecule has 0 saturated heterocycles. The first-order valence-corrected chi connectivity index (χ1v) is 6.62. The summed E-state index contributed by atoms with van der Waals surface area (Å²) in [6.07, 6.45) is 3.59. The second kappa shape index (κ2) is 6.32. The minimum atomic E-state index is 0.0563. The fourth-order valence-electron chi connectivity index (χ4n) is 2.46. The van der Waals surface area contributed by atoms with Crippen LogP contribution in [-0.4, -0.2) is 33.0 Å². The summed E-state index contributed by atoms with van der Waals surface area (Å²) in [6.45, 7) is 1.58. The molecule has 1 fully saturated rings. The molecule has 0 radical (unpaired) electrons. The molecule has 0 heterocycles. The maximum atomic E-state index is 5.63. The summed E-state index contributed by atoms with van der Waals surface area (Å²) in [5.41, 5.74) is 1.32. The SMILES string of the molecule is COCC(NCC1(OC)CCC1)c1ccccc1. The summed E-state index contributed by atoms with van der Waals surface area (Å²) in [6, 6.07) is 10.7. The van der Waals surface area contributed by atoms with E-state index in [0.717, 1.165) is 19.4 Å². The molecule has 1 saturated carbocycles. The van der Waals surface area contributed by atoms with Gasteiger partial charge in [0.15, 0.2) is 0 Å². The van der Waals surface area contributed by atoms with E-state index in [4.69, 9.17) is 9.47 Å². The summed E-state index contributed by atoms with van der Waals surface area (Å²) in [4.78, 5) is 0. The molecule has 1 aliphatic carbocycles. The zero-order chi connectivity index (χ0) is 12.8. The summed E-state index contributed by atoms with van der Waals surface area (Å²) >= 11 is 0. The molecule has 18 heavy (non-hydrogen) atoms. The molecule has 100 valence electrons. The van der Waals surface area contributed by atoms with Crippen molar-refractivity contribution >= 4 is 0 Å². The van der Waals surface area contributed by atoms with Gasteiger partial charge >= 0.3 is 0 Å². The average molecular weight is 249 g/mol. The van der Waals surface area contributed by atoms with Gasteiger partial charge in [0.25, 0.3) is 0 Å². The Labute approximate surface area is 109 Å². The molecule has 3 heteroatoms. The third-order valence-corrected chi connectivity index (χ3v) is 3.90. The highest BCUT2D eigenvalue weighted by atomic mass is 16.5. The molecule has 2 rings (SSSR count). The Morgan fingerprint density at radius 1 is 1.22 bits per heavy atom. The molecular weight excluding hydrogens is 226 g/mol. The molecule has 1 atom stereocenters. The Morgan fingerprint density at radius 3 is 2.44 bits per heavy atom. The van der Waals surface area contributed by atoms with Crippen LogP contribution in [0.4, 0.5) is 0 Å². The lowest BCUT2D eigenvalue weighted by Gasteiger charge is -2.41. The number of ether oxygens (including phenoxy) is 2. The van der Waals surface area contributed by atoms with Gasteiger partial charge in [0.05, 0.1) is 18.2 Å². The van der Waals surface area contributed by atoms with Crippen molar-refractivity contribution in [3.8, 4) is 0 Å². The third-order valence-electron chi connectivity index (χ3n) is 3.90. The van der Waals surface area contributed by atoms with Gasteiger partial charge in [-0.3, -0.25) is 0 Å². The molecule has 1 N–H and O–H groups in total. The predicted octanol–water partition coefficient (Wildman–Crippen LogP) is 2.53. The van der Waals surface area contributed by atoms with Gasteiger partial charge in [-0.2, -0.15) is 0 Å². The van der Waals surface area contributed by atoms with Crippen LogP contribution >= 0.6 is 0 Å². The zero-order valence-electron chi connectivity index (χ0n) is 11.3. The van der Waals surface area contributed by atoms with Crippen LogP contribution in [0.2, 0.25) is 0 Å². The van der Waals surface area contributed by atoms with Crippen LogP contribution in [0.15, 0.2) is 30.3 Å². The standard InChI is InChI=1S/C15H23NO2/c1-17-11-14(13-7-4-3-5-8-13)16-12-15(18-2)9-6-10-15/h3-5,7-8,14,16H,6,9-12H2,1-2H3. The molecule has 3 nitrogen and oxygen atoms in total. The molecule has 1 aromatic carbocycles. The third kappa shape index (κ3) is 3.10. The second-order valence-electron chi connectivity index (χ2n) is 5.04. The maximum absolute atomic E-state index is 5.63. The van der Waals surface area contributed by atoms with E-state index < -0.39 is 0 Å². The normalized spacial score (nSPS) is 19.2. The van der Waals surface area contributed by atoms with E-state index in [9.17, 15) is 0 Å². The van der Waals surface area contributed by atoms with E-state index in [1.165, 1.54) is 12.0 Å². The molecule has 0 aliphatic heterocycles. The molecule has 0 bridgehead atoms. The monoisotopic (exact) mass is 249 g/mol. The maximum Gasteiger partial charge on any atom is 0.0802 e. The number of nitrogens with one attached hydrogen (secondary N) is 1. The van der Waals surface area contributed by atoms with Gasteiger partial charge < -0.3 is 14.8 Å². The highest BCUT2D eigenvalue weighted by molar-refractivity contribution is 5.19. The number of rotatable bonds is 7. The van der Waals surface area contributed by atoms with Crippen molar-refractivity contribution in [3.05, 3.63) is 35.9 Å². The van der Waals surface area contributed by atoms with Crippen molar-refractivity contribution in [2.75, 3.05) is 27.4 Å². The van der Waals surface area contributed by atoms with Gasteiger partial charge in [-0.15, -0.1) is 0 Å². The first-order chi connectivity index (χ1) is 8.79. The highest BCUT2D eigenvalue weighted by Gasteiger charge is 2.37. The van der Waals surface area contributed by atoms with Crippen molar-refractivity contribution in [3.63, 3.8) is 0 Å². The average Bonchev–Trinajstić information content (AvgIpc) is 2.38. The van der Waals surface area contributed by atoms with Crippen LogP contribution in [0.25, 0.3) is 0 Å². The van der Waals surface area contributed by atoms with Crippen LogP contribution < -0.4 is 5.32 Å². The Morgan fingerprint density at radius 2 is 1.94 bits per heavy atom. The lowest BCUT2D eigenvalue weighted by atomic mass is 9.79. The smallest absolute Gasteiger partial charge is 0.0802 e. The van der Waals surface area contributed by atoms with Gasteiger partial charge in [0.1, 0.15) is 0 Å². The Balaban J connectivity index is 1.94. The van der Waals surface area contributed by atoms with E-state index in [-0.39, 0.29) is 11.6 Å². The van der Waals surface area contributed by atoms with Crippen LogP contribution in [0.3, 0.4) is 0 Å². The number of methoxy groups -OCH3 is 2. The van der Waals surface area contributed by atoms with Gasteiger partial charge in [-0.1, -0.05) is 30.3 Å². The topological polar surface area (TPSA) is 30.5 Å². The first kappa shape index (κ1) is 13.5. The lowest BCUT2D eigenvalue weighted by molar-refractivity contribution is -0.0719. The molecule has 0 amide bonds. The Kier molecular flexibility index (Phi) is 4.75. The quantitative estimate of drug-likeness (QED) is 0.805. The predicted molar refractivity (Wildman–Crippen MR) is 72.7 cm³/mol. The van der Waals surface area contributed by atoms with E-state index in [1.54, 1.807) is 7.11 Å². The van der Waals surface area contributed by atoms with Crippen LogP contribution in [0.5, 0.6) is 0 Å². The molecule has 1 aliphatic rings. The molecule has 0 aromatic heterocycles. The first-order valence-electron chi connectivity index (χ1n) is 6.62. The van der Waals surface area contributed by atoms with E-state index in [0.29, 0.717) is 6.61 Å². The van der Waals surface area contributed by atoms with Crippen LogP contribution in [0.1, 0.15) is 30.9 Å². The van der Waals surface area contributed by atoms with E-state index in [1.807, 2.05) is 13.2 Å². The Hall–Kier alpha value is -0.900. The molecule has 1 aromatic rings. The van der Waals surface area contributed by atoms with Gasteiger partial charge in [0, 0.05) is 20.8 Å². The van der Waals surface area contributed by atoms with Crippen molar-refractivity contribution in [1.29, 1.82) is 0 Å². The molecular formula is C15H23NO2. The van der Waals surface area contributed by atoms with Crippen LogP contribution in [0, 0.1) is 0 Å². The van der Waals surface area contributed by atoms with Crippen molar-refractivity contribution < 1.29 is 9.47 Å². The number of hydrogen-bond donors (Lipinski definition) is 1. The van der Waals surface area contributed by atoms with Gasteiger partial charge in [0.2, 0.25) is 0 Å². The highest BCUT2D eigenvalue weighted by Crippen LogP contribution is 2.34. The number of hydrogen-bond acceptors (Lipinski definition) is 3. The Bertz CT molecular complexity index is 343. The zero-order valence-corrected chi connectivity index (χ0v) is 11.3. The fraction of sp³-hybridized carbons (Fsp3) is 0.600. The summed E-state index contributed by atoms with van der Waals surface area (Å²) in [7, 11) is 3.56. The largest absolute Gasteiger partial charge is 0.383 e. The van der Waals surface area contributed by atoms with E-state index >= 15 is 0 Å². The summed E-state index contributed by atoms with van der Waals surface area (Å²) in [5.74, 6) is 0. The minimum Gasteiger partial charge on any atom is -0.383 e. The summed E-state index contributed by atoms with van der Waals surface area (Å²) in [5, 5.41) is 3.58. The van der Waals surface area contributed by atoms with Gasteiger partial charge in [-0.25, -0.2) is 0 Å². The molecule has 1 unspecified atom stereocenters. The second-order valence-corrected chi connectivity index (χ2v) is 5.04. The molecule has 0 spiro atoms. The minimum absolute atomic E-state index is 0.0563. The van der Waals surface area contributed by atoms with Gasteiger partial charge in [-0.05, 0) is 24.8 Å². The van der Waals surface area contributed by atoms with E-state index in [2.05, 4.69) is 29.6 Å². The van der Waals surface area contributed by atoms with Crippen molar-refractivity contribution in [1.82, 2.24) is 5.32 Å². The van der Waals surface area contributed by atoms with Crippen molar-refractivity contribution in [2.45, 2.75) is 30.9 Å². The van der Waals surface area contributed by atoms with Crippen molar-refractivity contribution in [2.24, 2.45) is 0 Å². The lowest BCUT2D eigenvalue weighted by Crippen LogP contribution is -2.49. The fourth-order valence-corrected chi connectivity index (χ4v) is 2.46. The van der Waals surface area contributed by atoms with Crippen LogP contribution in [-0.2, 0) is 9.47 Å². The summed E-state index contributed by atoms with van der Waals surface area (Å²) < 4.78 is 10.9. The number of benzene rings is 1.